The Kier molecular flexibility index (Phi) is 6.89. The highest BCUT2D eigenvalue weighted by molar-refractivity contribution is 5.37. The fraction of sp³-hybridized carbons (Fsp3) is 0.643. The van der Waals surface area contributed by atoms with Crippen LogP contribution in [-0.4, -0.2) is 11.8 Å². The average molecular weight is 449 g/mol. The fourth-order valence-electron chi connectivity index (χ4n) is 6.04. The molecule has 4 heteroatoms. The van der Waals surface area contributed by atoms with Gasteiger partial charge in [-0.25, -0.2) is 0 Å². The molecule has 176 valence electrons. The van der Waals surface area contributed by atoms with E-state index in [9.17, 15) is 17.6 Å². The van der Waals surface area contributed by atoms with Crippen molar-refractivity contribution in [3.05, 3.63) is 58.7 Å². The van der Waals surface area contributed by atoms with Gasteiger partial charge in [-0.2, -0.15) is 17.6 Å². The van der Waals surface area contributed by atoms with Crippen LogP contribution in [0, 0.1) is 17.8 Å². The first kappa shape index (κ1) is 23.6. The number of rotatable bonds is 5. The molecule has 4 rings (SSSR count). The van der Waals surface area contributed by atoms with Gasteiger partial charge >= 0.3 is 11.8 Å². The predicted octanol–water partition coefficient (Wildman–Crippen LogP) is 8.88. The first-order valence-electron chi connectivity index (χ1n) is 12.4. The van der Waals surface area contributed by atoms with Gasteiger partial charge in [0.1, 0.15) is 0 Å². The third kappa shape index (κ3) is 4.70. The van der Waals surface area contributed by atoms with E-state index in [2.05, 4.69) is 19.1 Å². The van der Waals surface area contributed by atoms with Crippen LogP contribution < -0.4 is 0 Å². The summed E-state index contributed by atoms with van der Waals surface area (Å²) in [5.74, 6) is -4.91. The van der Waals surface area contributed by atoms with Gasteiger partial charge in [0.05, 0.1) is 0 Å². The number of benzene rings is 1. The molecule has 3 aliphatic rings. The van der Waals surface area contributed by atoms with Gasteiger partial charge in [-0.1, -0.05) is 56.2 Å². The summed E-state index contributed by atoms with van der Waals surface area (Å²) in [6.45, 7) is 3.44. The molecule has 2 saturated carbocycles. The lowest BCUT2D eigenvalue weighted by atomic mass is 9.68. The van der Waals surface area contributed by atoms with Crippen molar-refractivity contribution >= 4 is 0 Å². The first-order chi connectivity index (χ1) is 15.2. The van der Waals surface area contributed by atoms with Crippen LogP contribution in [0.5, 0.6) is 0 Å². The minimum Gasteiger partial charge on any atom is -0.194 e. The summed E-state index contributed by atoms with van der Waals surface area (Å²) in [4.78, 5) is 0. The molecule has 0 amide bonds. The predicted molar refractivity (Wildman–Crippen MR) is 122 cm³/mol. The van der Waals surface area contributed by atoms with Crippen LogP contribution in [0.25, 0.3) is 0 Å². The number of aryl methyl sites for hydroxylation is 1. The maximum absolute atomic E-state index is 14.2. The highest BCUT2D eigenvalue weighted by atomic mass is 19.3. The summed E-state index contributed by atoms with van der Waals surface area (Å²) in [5, 5.41) is 0. The van der Waals surface area contributed by atoms with Gasteiger partial charge in [-0.05, 0) is 93.1 Å². The highest BCUT2D eigenvalue weighted by Gasteiger charge is 2.60. The number of hydrogen-bond donors (Lipinski definition) is 0. The molecule has 0 N–H and O–H groups in total. The van der Waals surface area contributed by atoms with E-state index in [1.54, 1.807) is 0 Å². The number of halogens is 4. The zero-order valence-electron chi connectivity index (χ0n) is 19.4. The lowest BCUT2D eigenvalue weighted by molar-refractivity contribution is -0.164. The number of allylic oxidation sites excluding steroid dienone is 4. The van der Waals surface area contributed by atoms with Gasteiger partial charge in [0.15, 0.2) is 0 Å². The zero-order chi connectivity index (χ0) is 22.9. The van der Waals surface area contributed by atoms with Crippen molar-refractivity contribution in [1.29, 1.82) is 0 Å². The Hall–Kier alpha value is -1.58. The average Bonchev–Trinajstić information content (AvgIpc) is 2.79. The molecule has 0 saturated heterocycles. The van der Waals surface area contributed by atoms with Crippen molar-refractivity contribution in [2.75, 3.05) is 0 Å². The summed E-state index contributed by atoms with van der Waals surface area (Å²) < 4.78 is 56.3. The minimum absolute atomic E-state index is 0.0587. The van der Waals surface area contributed by atoms with E-state index in [0.717, 1.165) is 36.3 Å². The molecular formula is C28H36F4. The maximum Gasteiger partial charge on any atom is 0.335 e. The summed E-state index contributed by atoms with van der Waals surface area (Å²) in [7, 11) is 0. The van der Waals surface area contributed by atoms with E-state index in [-0.39, 0.29) is 6.42 Å². The highest BCUT2D eigenvalue weighted by Crippen LogP contribution is 2.48. The quantitative estimate of drug-likeness (QED) is 0.395. The molecule has 0 unspecified atom stereocenters. The van der Waals surface area contributed by atoms with Gasteiger partial charge in [0.25, 0.3) is 0 Å². The molecule has 0 nitrogen and oxygen atoms in total. The Morgan fingerprint density at radius 2 is 1.28 bits per heavy atom. The van der Waals surface area contributed by atoms with Crippen molar-refractivity contribution in [2.45, 2.75) is 95.8 Å². The molecule has 2 fully saturated rings. The molecule has 1 aromatic carbocycles. The Bertz CT molecular complexity index is 833. The fourth-order valence-corrected chi connectivity index (χ4v) is 6.04. The zero-order valence-corrected chi connectivity index (χ0v) is 19.4. The minimum atomic E-state index is -4.11. The van der Waals surface area contributed by atoms with Crippen LogP contribution >= 0.6 is 0 Å². The van der Waals surface area contributed by atoms with Crippen LogP contribution in [-0.2, 0) is 6.42 Å². The van der Waals surface area contributed by atoms with Crippen LogP contribution in [0.3, 0.4) is 0 Å². The van der Waals surface area contributed by atoms with Crippen LogP contribution in [0.15, 0.2) is 47.6 Å². The standard InChI is InChI=1S/C28H36F4/c1-19-3-9-22(10-4-19)24-13-15-25(16-14-24)23-11-6-21(7-12-23)8-18-26-17-5-20(2)27(29,30)28(26,31)32/h5-7,11-12,17,19,22,24-25H,3-4,8-10,13-16,18H2,1-2H3. The largest absolute Gasteiger partial charge is 0.335 e. The summed E-state index contributed by atoms with van der Waals surface area (Å²) >= 11 is 0. The molecule has 0 aromatic heterocycles. The van der Waals surface area contributed by atoms with E-state index in [0.29, 0.717) is 12.3 Å². The summed E-state index contributed by atoms with van der Waals surface area (Å²) in [6, 6.07) is 8.22. The molecule has 0 bridgehead atoms. The Labute approximate surface area is 190 Å². The molecule has 1 aromatic rings. The van der Waals surface area contributed by atoms with Crippen molar-refractivity contribution in [3.63, 3.8) is 0 Å². The van der Waals surface area contributed by atoms with E-state index in [1.807, 2.05) is 12.1 Å². The first-order valence-corrected chi connectivity index (χ1v) is 12.4. The van der Waals surface area contributed by atoms with Crippen LogP contribution in [0.1, 0.15) is 88.7 Å². The molecule has 0 atom stereocenters. The van der Waals surface area contributed by atoms with E-state index in [4.69, 9.17) is 0 Å². The molecular weight excluding hydrogens is 412 g/mol. The van der Waals surface area contributed by atoms with Gasteiger partial charge in [-0.3, -0.25) is 0 Å². The van der Waals surface area contributed by atoms with Crippen LogP contribution in [0.2, 0.25) is 0 Å². The van der Waals surface area contributed by atoms with Crippen LogP contribution in [0.4, 0.5) is 17.6 Å². The Morgan fingerprint density at radius 1 is 0.719 bits per heavy atom. The van der Waals surface area contributed by atoms with Crippen molar-refractivity contribution in [1.82, 2.24) is 0 Å². The summed E-state index contributed by atoms with van der Waals surface area (Å²) in [6.07, 6.45) is 13.3. The molecule has 0 heterocycles. The third-order valence-corrected chi connectivity index (χ3v) is 8.46. The van der Waals surface area contributed by atoms with E-state index < -0.39 is 23.0 Å². The van der Waals surface area contributed by atoms with Gasteiger partial charge in [0.2, 0.25) is 0 Å². The van der Waals surface area contributed by atoms with Gasteiger partial charge < -0.3 is 0 Å². The summed E-state index contributed by atoms with van der Waals surface area (Å²) in [5.41, 5.74) is 1.19. The Balaban J connectivity index is 1.30. The monoisotopic (exact) mass is 448 g/mol. The number of hydrogen-bond acceptors (Lipinski definition) is 0. The van der Waals surface area contributed by atoms with E-state index >= 15 is 0 Å². The second-order valence-corrected chi connectivity index (χ2v) is 10.6. The second-order valence-electron chi connectivity index (χ2n) is 10.6. The molecule has 0 radical (unpaired) electrons. The third-order valence-electron chi connectivity index (χ3n) is 8.46. The van der Waals surface area contributed by atoms with Gasteiger partial charge in [0, 0.05) is 11.1 Å². The maximum atomic E-state index is 14.2. The SMILES string of the molecule is CC1=CC=C(CCc2ccc(C3CCC(C4CCC(C)CC4)CC3)cc2)C(F)(F)C1(F)F. The van der Waals surface area contributed by atoms with Crippen molar-refractivity contribution in [2.24, 2.45) is 17.8 Å². The van der Waals surface area contributed by atoms with E-state index in [1.165, 1.54) is 63.0 Å². The van der Waals surface area contributed by atoms with Crippen molar-refractivity contribution < 1.29 is 17.6 Å². The number of alkyl halides is 4. The topological polar surface area (TPSA) is 0 Å². The molecule has 0 spiro atoms. The second kappa shape index (κ2) is 9.35. The lowest BCUT2D eigenvalue weighted by Crippen LogP contribution is -2.44. The molecule has 0 aliphatic heterocycles. The lowest BCUT2D eigenvalue weighted by Gasteiger charge is -2.37. The normalized spacial score (nSPS) is 32.2. The van der Waals surface area contributed by atoms with Crippen molar-refractivity contribution in [3.8, 4) is 0 Å². The molecule has 32 heavy (non-hydrogen) atoms. The Morgan fingerprint density at radius 3 is 1.88 bits per heavy atom. The smallest absolute Gasteiger partial charge is 0.194 e. The molecule has 3 aliphatic carbocycles. The van der Waals surface area contributed by atoms with Gasteiger partial charge in [-0.15, -0.1) is 0 Å².